The highest BCUT2D eigenvalue weighted by molar-refractivity contribution is 5.94. The van der Waals surface area contributed by atoms with Crippen LogP contribution >= 0.6 is 0 Å². The van der Waals surface area contributed by atoms with Gasteiger partial charge < -0.3 is 19.7 Å². The summed E-state index contributed by atoms with van der Waals surface area (Å²) in [6.07, 6.45) is 3.80. The van der Waals surface area contributed by atoms with Crippen molar-refractivity contribution < 1.29 is 38.9 Å². The zero-order valence-corrected chi connectivity index (χ0v) is 21.2. The normalized spacial score (nSPS) is 41.1. The zero-order chi connectivity index (χ0) is 25.8. The van der Waals surface area contributed by atoms with Gasteiger partial charge in [0.05, 0.1) is 6.10 Å². The van der Waals surface area contributed by atoms with Crippen molar-refractivity contribution in [1.29, 1.82) is 0 Å². The van der Waals surface area contributed by atoms with Crippen LogP contribution in [0.15, 0.2) is 11.6 Å². The fraction of sp³-hybridized carbons (Fsp3) is 0.778. The van der Waals surface area contributed by atoms with Gasteiger partial charge >= 0.3 is 11.9 Å². The highest BCUT2D eigenvalue weighted by Crippen LogP contribution is 2.68. The van der Waals surface area contributed by atoms with Crippen molar-refractivity contribution >= 4 is 23.5 Å². The smallest absolute Gasteiger partial charge is 0.335 e. The van der Waals surface area contributed by atoms with Crippen LogP contribution in [0.5, 0.6) is 0 Å². The van der Waals surface area contributed by atoms with E-state index in [9.17, 15) is 29.4 Å². The summed E-state index contributed by atoms with van der Waals surface area (Å²) in [6.45, 7) is 6.41. The lowest BCUT2D eigenvalue weighted by Crippen LogP contribution is -2.63. The average Bonchev–Trinajstić information content (AvgIpc) is 3.09. The maximum atomic E-state index is 13.6. The van der Waals surface area contributed by atoms with E-state index in [0.717, 1.165) is 18.4 Å². The lowest BCUT2D eigenvalue weighted by Gasteiger charge is -2.60. The average molecular weight is 491 g/mol. The van der Waals surface area contributed by atoms with E-state index in [2.05, 4.69) is 6.92 Å². The van der Waals surface area contributed by atoms with Gasteiger partial charge in [-0.05, 0) is 74.7 Å². The van der Waals surface area contributed by atoms with Crippen molar-refractivity contribution in [3.8, 4) is 0 Å². The predicted octanol–water partition coefficient (Wildman–Crippen LogP) is 2.67. The lowest BCUT2D eigenvalue weighted by molar-refractivity contribution is -0.203. The van der Waals surface area contributed by atoms with Crippen LogP contribution in [0.3, 0.4) is 0 Å². The van der Waals surface area contributed by atoms with Crippen molar-refractivity contribution in [2.75, 3.05) is 6.61 Å². The second kappa shape index (κ2) is 9.11. The van der Waals surface area contributed by atoms with Crippen LogP contribution in [0.1, 0.15) is 79.1 Å². The summed E-state index contributed by atoms with van der Waals surface area (Å²) in [4.78, 5) is 50.1. The number of Topliss-reactive ketones (excluding diaryl/α,β-unsaturated/α-hetero) is 1. The monoisotopic (exact) mass is 490 g/mol. The van der Waals surface area contributed by atoms with Crippen molar-refractivity contribution in [3.63, 3.8) is 0 Å². The first-order valence-electron chi connectivity index (χ1n) is 12.9. The molecule has 0 heterocycles. The Hall–Kier alpha value is -2.06. The van der Waals surface area contributed by atoms with Gasteiger partial charge in [0.2, 0.25) is 5.78 Å². The van der Waals surface area contributed by atoms with Gasteiger partial charge in [0.15, 0.2) is 18.0 Å². The number of fused-ring (bicyclic) bond motifs is 5. The third-order valence-electron chi connectivity index (χ3n) is 9.73. The minimum atomic E-state index is -1.50. The molecule has 35 heavy (non-hydrogen) atoms. The lowest BCUT2D eigenvalue weighted by atomic mass is 9.45. The van der Waals surface area contributed by atoms with Gasteiger partial charge in [-0.25, -0.2) is 4.79 Å². The number of carbonyl (C=O) groups is 4. The molecule has 0 aliphatic heterocycles. The molecule has 8 atom stereocenters. The van der Waals surface area contributed by atoms with E-state index in [0.29, 0.717) is 25.7 Å². The maximum absolute atomic E-state index is 13.6. The Bertz CT molecular complexity index is 953. The summed E-state index contributed by atoms with van der Waals surface area (Å²) in [6, 6.07) is 0. The molecule has 0 bridgehead atoms. The summed E-state index contributed by atoms with van der Waals surface area (Å²) in [5, 5.41) is 21.1. The molecule has 4 rings (SSSR count). The van der Waals surface area contributed by atoms with Gasteiger partial charge in [-0.1, -0.05) is 26.3 Å². The summed E-state index contributed by atoms with van der Waals surface area (Å²) < 4.78 is 11.0. The van der Waals surface area contributed by atoms with Gasteiger partial charge in [-0.3, -0.25) is 14.4 Å². The Morgan fingerprint density at radius 1 is 1.17 bits per heavy atom. The van der Waals surface area contributed by atoms with Crippen molar-refractivity contribution in [1.82, 2.24) is 0 Å². The highest BCUT2D eigenvalue weighted by Gasteiger charge is 2.70. The van der Waals surface area contributed by atoms with Crippen LogP contribution in [0.2, 0.25) is 0 Å². The molecule has 0 saturated heterocycles. The zero-order valence-electron chi connectivity index (χ0n) is 21.2. The highest BCUT2D eigenvalue weighted by atomic mass is 16.6. The van der Waals surface area contributed by atoms with Gasteiger partial charge in [-0.15, -0.1) is 0 Å². The number of aliphatic hydroxyl groups excluding tert-OH is 2. The largest absolute Gasteiger partial charge is 0.456 e. The molecule has 0 spiro atoms. The molecule has 0 radical (unpaired) electrons. The topological polar surface area (TPSA) is 127 Å². The van der Waals surface area contributed by atoms with Gasteiger partial charge in [0.25, 0.3) is 0 Å². The fourth-order valence-electron chi connectivity index (χ4n) is 8.00. The first kappa shape index (κ1) is 26.0. The molecular weight excluding hydrogens is 452 g/mol. The summed E-state index contributed by atoms with van der Waals surface area (Å²) in [5.41, 5.74) is -1.47. The van der Waals surface area contributed by atoms with E-state index in [1.807, 2.05) is 6.92 Å². The first-order chi connectivity index (χ1) is 16.4. The molecule has 4 aliphatic rings. The summed E-state index contributed by atoms with van der Waals surface area (Å²) >= 11 is 0. The van der Waals surface area contributed by atoms with Crippen LogP contribution in [0.4, 0.5) is 0 Å². The summed E-state index contributed by atoms with van der Waals surface area (Å²) in [5.74, 6) is -1.66. The van der Waals surface area contributed by atoms with Crippen LogP contribution in [-0.4, -0.2) is 58.1 Å². The van der Waals surface area contributed by atoms with E-state index in [1.54, 1.807) is 13.0 Å². The summed E-state index contributed by atoms with van der Waals surface area (Å²) in [7, 11) is 0. The SMILES string of the molecule is CCC(=O)O[C@]1(C(=O)COC(=O)C(C)O)CC[C@H]2[C@@H]3CCC4=CC(=O)CC[C@]4(C)[C@H]3[C@H](O)C[C@@]21C. The maximum Gasteiger partial charge on any atom is 0.335 e. The molecule has 194 valence electrons. The van der Waals surface area contributed by atoms with Crippen LogP contribution in [0.25, 0.3) is 0 Å². The van der Waals surface area contributed by atoms with E-state index in [1.165, 1.54) is 6.92 Å². The van der Waals surface area contributed by atoms with Gasteiger partial charge in [0, 0.05) is 18.3 Å². The Kier molecular flexibility index (Phi) is 6.77. The molecule has 4 aliphatic carbocycles. The number of ketones is 2. The van der Waals surface area contributed by atoms with Crippen LogP contribution in [0, 0.1) is 28.6 Å². The number of esters is 2. The minimum Gasteiger partial charge on any atom is -0.456 e. The van der Waals surface area contributed by atoms with Crippen molar-refractivity contribution in [2.45, 2.75) is 96.9 Å². The number of rotatable bonds is 6. The minimum absolute atomic E-state index is 0.0329. The Labute approximate surface area is 206 Å². The van der Waals surface area contributed by atoms with Gasteiger partial charge in [-0.2, -0.15) is 0 Å². The second-order valence-electron chi connectivity index (χ2n) is 11.5. The number of carbonyl (C=O) groups excluding carboxylic acids is 4. The molecule has 2 N–H and O–H groups in total. The Morgan fingerprint density at radius 2 is 1.89 bits per heavy atom. The number of allylic oxidation sites excluding steroid dienone is 1. The standard InChI is InChI=1S/C27H38O8/c1-5-22(32)35-27(21(31)14-34-24(33)15(2)28)11-9-19-18-7-6-16-12-17(29)8-10-25(16,3)23(18)20(30)13-26(19,27)4/h12,15,18-20,23,28,30H,5-11,13-14H2,1-4H3/t15?,18-,19-,20+,23+,25-,26-,27-/m0/s1. The van der Waals surface area contributed by atoms with E-state index in [4.69, 9.17) is 9.47 Å². The molecule has 0 aromatic carbocycles. The second-order valence-corrected chi connectivity index (χ2v) is 11.5. The molecule has 3 fully saturated rings. The van der Waals surface area contributed by atoms with E-state index in [-0.39, 0.29) is 41.8 Å². The molecule has 0 amide bonds. The van der Waals surface area contributed by atoms with E-state index < -0.39 is 47.6 Å². The Balaban J connectivity index is 1.69. The molecule has 1 unspecified atom stereocenters. The number of hydrogen-bond donors (Lipinski definition) is 2. The third kappa shape index (κ3) is 3.97. The molecule has 0 aromatic heterocycles. The molecular formula is C27H38O8. The number of aliphatic hydroxyl groups is 2. The number of hydrogen-bond acceptors (Lipinski definition) is 8. The Morgan fingerprint density at radius 3 is 2.54 bits per heavy atom. The predicted molar refractivity (Wildman–Crippen MR) is 125 cm³/mol. The molecule has 3 saturated carbocycles. The quantitative estimate of drug-likeness (QED) is 0.544. The van der Waals surface area contributed by atoms with Crippen LogP contribution in [-0.2, 0) is 28.7 Å². The number of ether oxygens (including phenoxy) is 2. The fourth-order valence-corrected chi connectivity index (χ4v) is 8.00. The molecule has 8 nitrogen and oxygen atoms in total. The van der Waals surface area contributed by atoms with Gasteiger partial charge in [0.1, 0.15) is 6.10 Å². The van der Waals surface area contributed by atoms with Crippen molar-refractivity contribution in [2.24, 2.45) is 28.6 Å². The van der Waals surface area contributed by atoms with E-state index >= 15 is 0 Å². The third-order valence-corrected chi connectivity index (χ3v) is 9.73. The van der Waals surface area contributed by atoms with Crippen LogP contribution < -0.4 is 0 Å². The van der Waals surface area contributed by atoms with Crippen molar-refractivity contribution in [3.05, 3.63) is 11.6 Å². The first-order valence-corrected chi connectivity index (χ1v) is 12.9. The molecule has 0 aromatic rings. The molecule has 8 heteroatoms.